The van der Waals surface area contributed by atoms with Crippen LogP contribution < -0.4 is 10.1 Å². The number of nitrogens with one attached hydrogen (secondary N) is 1. The van der Waals surface area contributed by atoms with Crippen LogP contribution in [0.25, 0.3) is 0 Å². The Labute approximate surface area is 125 Å². The fourth-order valence-electron chi connectivity index (χ4n) is 2.07. The lowest BCUT2D eigenvalue weighted by Crippen LogP contribution is -2.34. The van der Waals surface area contributed by atoms with Gasteiger partial charge < -0.3 is 15.0 Å². The van der Waals surface area contributed by atoms with Crippen LogP contribution in [0, 0.1) is 0 Å². The summed E-state index contributed by atoms with van der Waals surface area (Å²) in [5.41, 5.74) is 1.78. The van der Waals surface area contributed by atoms with Gasteiger partial charge in [0.05, 0.1) is 12.8 Å². The molecule has 2 aromatic rings. The van der Waals surface area contributed by atoms with Gasteiger partial charge in [-0.25, -0.2) is 4.79 Å². The van der Waals surface area contributed by atoms with E-state index in [9.17, 15) is 4.79 Å². The molecular weight excluding hydrogens is 264 g/mol. The summed E-state index contributed by atoms with van der Waals surface area (Å²) >= 11 is 0. The second-order valence-corrected chi connectivity index (χ2v) is 4.63. The normalized spacial score (nSPS) is 10.0. The number of hydrogen-bond donors (Lipinski definition) is 1. The Hall–Kier alpha value is -2.49. The monoisotopic (exact) mass is 284 g/mol. The van der Waals surface area contributed by atoms with Crippen LogP contribution in [-0.4, -0.2) is 24.6 Å². The van der Waals surface area contributed by atoms with Crippen LogP contribution >= 0.6 is 0 Å². The van der Waals surface area contributed by atoms with Crippen molar-refractivity contribution >= 4 is 11.7 Å². The van der Waals surface area contributed by atoms with Gasteiger partial charge in [0.15, 0.2) is 0 Å². The maximum Gasteiger partial charge on any atom is 0.322 e. The molecule has 0 bridgehead atoms. The molecule has 0 atom stereocenters. The summed E-state index contributed by atoms with van der Waals surface area (Å²) in [4.78, 5) is 14.1. The number of rotatable bonds is 5. The van der Waals surface area contributed by atoms with Crippen LogP contribution in [0.2, 0.25) is 0 Å². The minimum Gasteiger partial charge on any atom is -0.495 e. The van der Waals surface area contributed by atoms with Gasteiger partial charge in [-0.1, -0.05) is 42.5 Å². The van der Waals surface area contributed by atoms with Crippen molar-refractivity contribution in [3.05, 3.63) is 60.2 Å². The number of benzene rings is 2. The second-order valence-electron chi connectivity index (χ2n) is 4.63. The molecule has 0 aliphatic rings. The van der Waals surface area contributed by atoms with Crippen LogP contribution in [0.5, 0.6) is 5.75 Å². The fraction of sp³-hybridized carbons (Fsp3) is 0.235. The average Bonchev–Trinajstić information content (AvgIpc) is 2.54. The smallest absolute Gasteiger partial charge is 0.322 e. The topological polar surface area (TPSA) is 41.6 Å². The maximum atomic E-state index is 12.4. The van der Waals surface area contributed by atoms with E-state index in [1.807, 2.05) is 61.5 Å². The number of ether oxygens (including phenoxy) is 1. The second kappa shape index (κ2) is 7.33. The molecule has 0 aromatic heterocycles. The van der Waals surface area contributed by atoms with Crippen molar-refractivity contribution in [3.63, 3.8) is 0 Å². The molecule has 0 aliphatic heterocycles. The average molecular weight is 284 g/mol. The lowest BCUT2D eigenvalue weighted by Gasteiger charge is -2.22. The van der Waals surface area contributed by atoms with Crippen molar-refractivity contribution in [2.24, 2.45) is 0 Å². The molecule has 0 saturated heterocycles. The molecule has 0 heterocycles. The zero-order valence-corrected chi connectivity index (χ0v) is 12.4. The number of carbonyl (C=O) groups is 1. The Kier molecular flexibility index (Phi) is 5.21. The van der Waals surface area contributed by atoms with Crippen LogP contribution in [-0.2, 0) is 6.54 Å². The zero-order chi connectivity index (χ0) is 15.1. The molecule has 4 nitrogen and oxygen atoms in total. The summed E-state index contributed by atoms with van der Waals surface area (Å²) in [6.07, 6.45) is 0. The third kappa shape index (κ3) is 3.99. The number of amides is 2. The first-order valence-electron chi connectivity index (χ1n) is 6.97. The predicted octanol–water partition coefficient (Wildman–Crippen LogP) is 3.75. The Bertz CT molecular complexity index is 584. The molecule has 2 rings (SSSR count). The largest absolute Gasteiger partial charge is 0.495 e. The molecule has 0 fully saturated rings. The van der Waals surface area contributed by atoms with Gasteiger partial charge >= 0.3 is 6.03 Å². The summed E-state index contributed by atoms with van der Waals surface area (Å²) in [5, 5.41) is 2.89. The van der Waals surface area contributed by atoms with E-state index < -0.39 is 0 Å². The molecule has 0 spiro atoms. The third-order valence-electron chi connectivity index (χ3n) is 3.23. The number of urea groups is 1. The Morgan fingerprint density at radius 1 is 1.10 bits per heavy atom. The summed E-state index contributed by atoms with van der Waals surface area (Å²) in [6, 6.07) is 17.2. The Balaban J connectivity index is 2.06. The number of anilines is 1. The number of nitrogens with zero attached hydrogens (tertiary/aromatic N) is 1. The summed E-state index contributed by atoms with van der Waals surface area (Å²) < 4.78 is 5.24. The summed E-state index contributed by atoms with van der Waals surface area (Å²) in [6.45, 7) is 3.18. The van der Waals surface area contributed by atoms with Crippen molar-refractivity contribution in [1.82, 2.24) is 4.90 Å². The van der Waals surface area contributed by atoms with Crippen molar-refractivity contribution < 1.29 is 9.53 Å². The van der Waals surface area contributed by atoms with Crippen LogP contribution in [0.15, 0.2) is 54.6 Å². The van der Waals surface area contributed by atoms with Gasteiger partial charge in [-0.2, -0.15) is 0 Å². The quantitative estimate of drug-likeness (QED) is 0.908. The van der Waals surface area contributed by atoms with Crippen molar-refractivity contribution in [1.29, 1.82) is 0 Å². The van der Waals surface area contributed by atoms with E-state index in [-0.39, 0.29) is 6.03 Å². The highest BCUT2D eigenvalue weighted by molar-refractivity contribution is 5.90. The molecule has 4 heteroatoms. The SMILES string of the molecule is CCN(Cc1ccccc1)C(=O)Nc1ccccc1OC. The van der Waals surface area contributed by atoms with E-state index in [2.05, 4.69) is 5.32 Å². The Morgan fingerprint density at radius 3 is 2.43 bits per heavy atom. The van der Waals surface area contributed by atoms with Crippen LogP contribution in [0.1, 0.15) is 12.5 Å². The third-order valence-corrected chi connectivity index (χ3v) is 3.23. The predicted molar refractivity (Wildman–Crippen MR) is 84.5 cm³/mol. The highest BCUT2D eigenvalue weighted by atomic mass is 16.5. The molecule has 2 aromatic carbocycles. The van der Waals surface area contributed by atoms with Gasteiger partial charge in [-0.15, -0.1) is 0 Å². The zero-order valence-electron chi connectivity index (χ0n) is 12.4. The molecular formula is C17H20N2O2. The van der Waals surface area contributed by atoms with E-state index in [1.54, 1.807) is 12.0 Å². The van der Waals surface area contributed by atoms with Crippen molar-refractivity contribution in [3.8, 4) is 5.75 Å². The number of carbonyl (C=O) groups excluding carboxylic acids is 1. The lowest BCUT2D eigenvalue weighted by atomic mass is 10.2. The van der Waals surface area contributed by atoms with E-state index in [0.717, 1.165) is 5.56 Å². The molecule has 21 heavy (non-hydrogen) atoms. The summed E-state index contributed by atoms with van der Waals surface area (Å²) in [7, 11) is 1.59. The van der Waals surface area contributed by atoms with E-state index in [0.29, 0.717) is 24.5 Å². The molecule has 1 N–H and O–H groups in total. The highest BCUT2D eigenvalue weighted by Gasteiger charge is 2.13. The highest BCUT2D eigenvalue weighted by Crippen LogP contribution is 2.23. The maximum absolute atomic E-state index is 12.4. The van der Waals surface area contributed by atoms with E-state index >= 15 is 0 Å². The number of hydrogen-bond acceptors (Lipinski definition) is 2. The number of para-hydroxylation sites is 2. The molecule has 0 saturated carbocycles. The van der Waals surface area contributed by atoms with Gasteiger partial charge in [-0.3, -0.25) is 0 Å². The van der Waals surface area contributed by atoms with Gasteiger partial charge in [0, 0.05) is 13.1 Å². The standard InChI is InChI=1S/C17H20N2O2/c1-3-19(13-14-9-5-4-6-10-14)17(20)18-15-11-7-8-12-16(15)21-2/h4-12H,3,13H2,1-2H3,(H,18,20). The van der Waals surface area contributed by atoms with E-state index in [1.165, 1.54) is 0 Å². The first-order valence-corrected chi connectivity index (χ1v) is 6.97. The number of methoxy groups -OCH3 is 1. The first kappa shape index (κ1) is 14.9. The molecule has 0 radical (unpaired) electrons. The van der Waals surface area contributed by atoms with Gasteiger partial charge in [0.25, 0.3) is 0 Å². The Morgan fingerprint density at radius 2 is 1.76 bits per heavy atom. The van der Waals surface area contributed by atoms with E-state index in [4.69, 9.17) is 4.74 Å². The minimum atomic E-state index is -0.133. The van der Waals surface area contributed by atoms with Gasteiger partial charge in [0.1, 0.15) is 5.75 Å². The molecule has 2 amide bonds. The minimum absolute atomic E-state index is 0.133. The lowest BCUT2D eigenvalue weighted by molar-refractivity contribution is 0.212. The van der Waals surface area contributed by atoms with Crippen LogP contribution in [0.4, 0.5) is 10.5 Å². The molecule has 0 aliphatic carbocycles. The van der Waals surface area contributed by atoms with Gasteiger partial charge in [0.2, 0.25) is 0 Å². The first-order chi connectivity index (χ1) is 10.2. The molecule has 0 unspecified atom stereocenters. The van der Waals surface area contributed by atoms with Crippen LogP contribution in [0.3, 0.4) is 0 Å². The van der Waals surface area contributed by atoms with Gasteiger partial charge in [-0.05, 0) is 24.6 Å². The fourth-order valence-corrected chi connectivity index (χ4v) is 2.07. The summed E-state index contributed by atoms with van der Waals surface area (Å²) in [5.74, 6) is 0.654. The van der Waals surface area contributed by atoms with Crippen molar-refractivity contribution in [2.45, 2.75) is 13.5 Å². The molecule has 110 valence electrons. The van der Waals surface area contributed by atoms with Crippen molar-refractivity contribution in [2.75, 3.05) is 19.0 Å².